The van der Waals surface area contributed by atoms with Gasteiger partial charge in [0.1, 0.15) is 23.4 Å². The Labute approximate surface area is 186 Å². The monoisotopic (exact) mass is 438 g/mol. The molecule has 2 aromatic carbocycles. The second-order valence-electron chi connectivity index (χ2n) is 7.46. The van der Waals surface area contributed by atoms with Crippen LogP contribution in [0.15, 0.2) is 54.7 Å². The summed E-state index contributed by atoms with van der Waals surface area (Å²) in [6.45, 7) is 1.53. The van der Waals surface area contributed by atoms with Crippen LogP contribution in [0.25, 0.3) is 0 Å². The number of carbonyl (C=O) groups is 2. The largest absolute Gasteiger partial charge is 0.488 e. The Morgan fingerprint density at radius 1 is 1.06 bits per heavy atom. The molecule has 32 heavy (non-hydrogen) atoms. The molecule has 1 atom stereocenters. The highest BCUT2D eigenvalue weighted by Gasteiger charge is 2.14. The summed E-state index contributed by atoms with van der Waals surface area (Å²) in [5.74, 6) is 1.14. The summed E-state index contributed by atoms with van der Waals surface area (Å²) in [7, 11) is 5.12. The number of anilines is 1. The minimum absolute atomic E-state index is 0.113. The van der Waals surface area contributed by atoms with E-state index in [1.807, 2.05) is 0 Å². The van der Waals surface area contributed by atoms with Gasteiger partial charge in [0.05, 0.1) is 6.61 Å². The number of nitrogens with one attached hydrogen (secondary N) is 1. The van der Waals surface area contributed by atoms with E-state index in [9.17, 15) is 14.7 Å². The summed E-state index contributed by atoms with van der Waals surface area (Å²) < 4.78 is 13.2. The maximum Gasteiger partial charge on any atom is 0.257 e. The molecule has 1 unspecified atom stereocenters. The first-order chi connectivity index (χ1) is 15.2. The van der Waals surface area contributed by atoms with Crippen LogP contribution in [0.2, 0.25) is 0 Å². The van der Waals surface area contributed by atoms with E-state index in [2.05, 4.69) is 10.4 Å². The predicted octanol–water partition coefficient (Wildman–Crippen LogP) is 2.93. The molecule has 2 N–H and O–H groups in total. The normalized spacial score (nSPS) is 11.5. The molecule has 0 radical (unpaired) electrons. The number of nitrogens with zero attached hydrogens (tertiary/aromatic N) is 3. The van der Waals surface area contributed by atoms with Gasteiger partial charge in [-0.3, -0.25) is 14.3 Å². The van der Waals surface area contributed by atoms with Crippen molar-refractivity contribution in [1.82, 2.24) is 14.7 Å². The Hall–Kier alpha value is -3.85. The van der Waals surface area contributed by atoms with Gasteiger partial charge >= 0.3 is 0 Å². The standard InChI is InChI=1S/C23H26N4O5/c1-15(14-28)31-19-11-17(22(29)24-21-9-10-27(4)25-21)12-20(13-19)32-18-7-5-16(6-8-18)23(30)26(2)3/h5-13,15,28H,14H2,1-4H3,(H,24,25,29). The van der Waals surface area contributed by atoms with Gasteiger partial charge in [-0.1, -0.05) is 0 Å². The third kappa shape index (κ3) is 5.86. The van der Waals surface area contributed by atoms with Crippen molar-refractivity contribution in [1.29, 1.82) is 0 Å². The summed E-state index contributed by atoms with van der Waals surface area (Å²) in [6.07, 6.45) is 1.26. The van der Waals surface area contributed by atoms with E-state index in [0.29, 0.717) is 34.2 Å². The highest BCUT2D eigenvalue weighted by atomic mass is 16.5. The number of amides is 2. The van der Waals surface area contributed by atoms with Crippen molar-refractivity contribution in [3.63, 3.8) is 0 Å². The fourth-order valence-electron chi connectivity index (χ4n) is 2.83. The van der Waals surface area contributed by atoms with E-state index in [1.54, 1.807) is 87.5 Å². The molecule has 0 aliphatic rings. The van der Waals surface area contributed by atoms with Crippen LogP contribution >= 0.6 is 0 Å². The zero-order valence-electron chi connectivity index (χ0n) is 18.4. The van der Waals surface area contributed by atoms with Crippen molar-refractivity contribution >= 4 is 17.6 Å². The maximum absolute atomic E-state index is 12.8. The van der Waals surface area contributed by atoms with Gasteiger partial charge in [0.15, 0.2) is 5.82 Å². The van der Waals surface area contributed by atoms with Gasteiger partial charge < -0.3 is 24.8 Å². The Morgan fingerprint density at radius 3 is 2.34 bits per heavy atom. The summed E-state index contributed by atoms with van der Waals surface area (Å²) in [6, 6.07) is 13.1. The average Bonchev–Trinajstić information content (AvgIpc) is 3.17. The summed E-state index contributed by atoms with van der Waals surface area (Å²) in [5, 5.41) is 16.2. The third-order valence-electron chi connectivity index (χ3n) is 4.43. The van der Waals surface area contributed by atoms with Gasteiger partial charge in [-0.2, -0.15) is 5.10 Å². The molecule has 0 fully saturated rings. The quantitative estimate of drug-likeness (QED) is 0.560. The van der Waals surface area contributed by atoms with E-state index in [4.69, 9.17) is 9.47 Å². The van der Waals surface area contributed by atoms with Crippen molar-refractivity contribution in [2.75, 3.05) is 26.0 Å². The lowest BCUT2D eigenvalue weighted by Gasteiger charge is -2.15. The van der Waals surface area contributed by atoms with Crippen LogP contribution in [-0.4, -0.2) is 58.4 Å². The van der Waals surface area contributed by atoms with Crippen LogP contribution in [0.1, 0.15) is 27.6 Å². The van der Waals surface area contributed by atoms with Crippen molar-refractivity contribution in [3.8, 4) is 17.2 Å². The smallest absolute Gasteiger partial charge is 0.257 e. The second-order valence-corrected chi connectivity index (χ2v) is 7.46. The first-order valence-electron chi connectivity index (χ1n) is 9.98. The zero-order valence-corrected chi connectivity index (χ0v) is 18.4. The first-order valence-corrected chi connectivity index (χ1v) is 9.98. The van der Waals surface area contributed by atoms with Crippen LogP contribution < -0.4 is 14.8 Å². The average molecular weight is 438 g/mol. The van der Waals surface area contributed by atoms with Crippen molar-refractivity contribution in [2.45, 2.75) is 13.0 Å². The van der Waals surface area contributed by atoms with E-state index < -0.39 is 6.10 Å². The molecular formula is C23H26N4O5. The SMILES string of the molecule is CC(CO)Oc1cc(Oc2ccc(C(=O)N(C)C)cc2)cc(C(=O)Nc2ccn(C)n2)c1. The van der Waals surface area contributed by atoms with E-state index in [-0.39, 0.29) is 18.4 Å². The lowest BCUT2D eigenvalue weighted by atomic mass is 10.1. The Kier molecular flexibility index (Phi) is 7.11. The number of benzene rings is 2. The fraction of sp³-hybridized carbons (Fsp3) is 0.261. The van der Waals surface area contributed by atoms with Gasteiger partial charge in [0.2, 0.25) is 0 Å². The van der Waals surface area contributed by atoms with Gasteiger partial charge in [-0.25, -0.2) is 0 Å². The number of carbonyl (C=O) groups excluding carboxylic acids is 2. The van der Waals surface area contributed by atoms with Gasteiger partial charge in [0, 0.05) is 50.6 Å². The van der Waals surface area contributed by atoms with Crippen LogP contribution in [0.3, 0.4) is 0 Å². The molecule has 9 nitrogen and oxygen atoms in total. The third-order valence-corrected chi connectivity index (χ3v) is 4.43. The van der Waals surface area contributed by atoms with E-state index >= 15 is 0 Å². The van der Waals surface area contributed by atoms with Crippen molar-refractivity contribution in [3.05, 3.63) is 65.9 Å². The highest BCUT2D eigenvalue weighted by Crippen LogP contribution is 2.29. The molecular weight excluding hydrogens is 412 g/mol. The van der Waals surface area contributed by atoms with E-state index in [0.717, 1.165) is 0 Å². The number of ether oxygens (including phenoxy) is 2. The van der Waals surface area contributed by atoms with Gasteiger partial charge in [0.25, 0.3) is 11.8 Å². The minimum atomic E-state index is -0.465. The van der Waals surface area contributed by atoms with Crippen molar-refractivity contribution in [2.24, 2.45) is 7.05 Å². The number of aliphatic hydroxyl groups excluding tert-OH is 1. The molecule has 3 rings (SSSR count). The molecule has 9 heteroatoms. The number of aryl methyl sites for hydroxylation is 1. The molecule has 168 valence electrons. The number of aromatic nitrogens is 2. The molecule has 0 aliphatic carbocycles. The number of hydrogen-bond donors (Lipinski definition) is 2. The number of aliphatic hydroxyl groups is 1. The van der Waals surface area contributed by atoms with Crippen LogP contribution in [0.5, 0.6) is 17.2 Å². The van der Waals surface area contributed by atoms with Crippen LogP contribution in [0, 0.1) is 0 Å². The topological polar surface area (TPSA) is 106 Å². The van der Waals surface area contributed by atoms with Gasteiger partial charge in [-0.05, 0) is 43.3 Å². The Balaban J connectivity index is 1.85. The summed E-state index contributed by atoms with van der Waals surface area (Å²) >= 11 is 0. The van der Waals surface area contributed by atoms with Crippen LogP contribution in [-0.2, 0) is 7.05 Å². The molecule has 1 aromatic heterocycles. The first kappa shape index (κ1) is 22.8. The van der Waals surface area contributed by atoms with E-state index in [1.165, 1.54) is 4.90 Å². The second kappa shape index (κ2) is 9.97. The van der Waals surface area contributed by atoms with Crippen LogP contribution in [0.4, 0.5) is 5.82 Å². The predicted molar refractivity (Wildman–Crippen MR) is 119 cm³/mol. The lowest BCUT2D eigenvalue weighted by molar-refractivity contribution is 0.0827. The fourth-order valence-corrected chi connectivity index (χ4v) is 2.83. The maximum atomic E-state index is 12.8. The number of hydrogen-bond acceptors (Lipinski definition) is 6. The van der Waals surface area contributed by atoms with Gasteiger partial charge in [-0.15, -0.1) is 0 Å². The number of rotatable bonds is 8. The lowest BCUT2D eigenvalue weighted by Crippen LogP contribution is -2.21. The molecule has 2 amide bonds. The molecule has 0 bridgehead atoms. The molecule has 0 saturated carbocycles. The summed E-state index contributed by atoms with van der Waals surface area (Å²) in [5.41, 5.74) is 0.833. The minimum Gasteiger partial charge on any atom is -0.488 e. The molecule has 0 saturated heterocycles. The van der Waals surface area contributed by atoms with Crippen molar-refractivity contribution < 1.29 is 24.2 Å². The molecule has 0 aliphatic heterocycles. The Morgan fingerprint density at radius 2 is 1.75 bits per heavy atom. The molecule has 1 heterocycles. The zero-order chi connectivity index (χ0) is 23.3. The molecule has 3 aromatic rings. The Bertz CT molecular complexity index is 1090. The summed E-state index contributed by atoms with van der Waals surface area (Å²) in [4.78, 5) is 26.3. The highest BCUT2D eigenvalue weighted by molar-refractivity contribution is 6.04. The molecule has 0 spiro atoms.